The Hall–Kier alpha value is -1.93. The second-order valence-corrected chi connectivity index (χ2v) is 6.08. The second-order valence-electron chi connectivity index (χ2n) is 4.39. The van der Waals surface area contributed by atoms with Crippen molar-refractivity contribution >= 4 is 39.5 Å². The van der Waals surface area contributed by atoms with Gasteiger partial charge >= 0.3 is 12.1 Å². The zero-order chi connectivity index (χ0) is 15.9. The first-order valence-electron chi connectivity index (χ1n) is 6.35. The van der Waals surface area contributed by atoms with Gasteiger partial charge in [0, 0.05) is 0 Å². The summed E-state index contributed by atoms with van der Waals surface area (Å²) in [5, 5.41) is 11.5. The van der Waals surface area contributed by atoms with Gasteiger partial charge in [0.25, 0.3) is 0 Å². The summed E-state index contributed by atoms with van der Waals surface area (Å²) >= 11 is 4.41. The number of carboxylic acids is 1. The molecule has 1 heterocycles. The highest BCUT2D eigenvalue weighted by atomic mass is 79.9. The van der Waals surface area contributed by atoms with E-state index < -0.39 is 18.1 Å². The van der Waals surface area contributed by atoms with Gasteiger partial charge in [0.2, 0.25) is 0 Å². The molecule has 0 radical (unpaired) electrons. The van der Waals surface area contributed by atoms with Crippen molar-refractivity contribution in [2.75, 3.05) is 0 Å². The number of hydrogen-bond acceptors (Lipinski definition) is 5. The molecule has 0 saturated carbocycles. The molecule has 2 aromatic rings. The molecule has 0 aliphatic rings. The van der Waals surface area contributed by atoms with Gasteiger partial charge in [0.1, 0.15) is 6.61 Å². The van der Waals surface area contributed by atoms with E-state index in [0.717, 1.165) is 17.1 Å². The van der Waals surface area contributed by atoms with Crippen LogP contribution in [0, 0.1) is 0 Å². The number of halogens is 1. The number of hydrogen-bond donors (Lipinski definition) is 2. The molecule has 0 bridgehead atoms. The van der Waals surface area contributed by atoms with Gasteiger partial charge in [-0.05, 0) is 33.0 Å². The zero-order valence-electron chi connectivity index (χ0n) is 11.4. The monoisotopic (exact) mass is 384 g/mol. The van der Waals surface area contributed by atoms with Crippen molar-refractivity contribution in [3.63, 3.8) is 0 Å². The van der Waals surface area contributed by atoms with Crippen LogP contribution < -0.4 is 5.32 Å². The predicted molar refractivity (Wildman–Crippen MR) is 84.6 cm³/mol. The molecule has 22 heavy (non-hydrogen) atoms. The van der Waals surface area contributed by atoms with Crippen molar-refractivity contribution in [1.29, 1.82) is 0 Å². The van der Waals surface area contributed by atoms with Crippen molar-refractivity contribution < 1.29 is 19.4 Å². The maximum absolute atomic E-state index is 11.9. The normalized spacial score (nSPS) is 11.7. The van der Waals surface area contributed by atoms with E-state index >= 15 is 0 Å². The smallest absolute Gasteiger partial charge is 0.407 e. The Morgan fingerprint density at radius 2 is 2.09 bits per heavy atom. The van der Waals surface area contributed by atoms with Crippen LogP contribution in [0.5, 0.6) is 0 Å². The fourth-order valence-electron chi connectivity index (χ4n) is 1.76. The lowest BCUT2D eigenvalue weighted by Crippen LogP contribution is -2.30. The molecular weight excluding hydrogens is 372 g/mol. The van der Waals surface area contributed by atoms with E-state index in [0.29, 0.717) is 9.35 Å². The lowest BCUT2D eigenvalue weighted by molar-refractivity contribution is -0.137. The van der Waals surface area contributed by atoms with Crippen molar-refractivity contribution in [2.45, 2.75) is 19.1 Å². The Morgan fingerprint density at radius 3 is 2.68 bits per heavy atom. The molecule has 0 saturated heterocycles. The Bertz CT molecular complexity index is 647. The molecule has 0 fully saturated rings. The predicted octanol–water partition coefficient (Wildman–Crippen LogP) is 3.35. The third-order valence-electron chi connectivity index (χ3n) is 2.75. The summed E-state index contributed by atoms with van der Waals surface area (Å²) in [5.41, 5.74) is 0.853. The number of amides is 1. The maximum atomic E-state index is 11.9. The molecule has 8 heteroatoms. The first kappa shape index (κ1) is 16.4. The van der Waals surface area contributed by atoms with Gasteiger partial charge in [-0.15, -0.1) is 0 Å². The number of nitrogens with one attached hydrogen (secondary N) is 1. The van der Waals surface area contributed by atoms with Crippen LogP contribution in [-0.4, -0.2) is 21.5 Å². The number of carboxylic acid groups (broad SMARTS) is 1. The topological polar surface area (TPSA) is 88.5 Å². The number of carbonyl (C=O) groups excluding carboxylic acids is 1. The minimum absolute atomic E-state index is 0.121. The number of nitrogens with zero attached hydrogens (tertiary/aromatic N) is 1. The van der Waals surface area contributed by atoms with Crippen LogP contribution in [0.2, 0.25) is 0 Å². The van der Waals surface area contributed by atoms with E-state index in [-0.39, 0.29) is 13.0 Å². The van der Waals surface area contributed by atoms with Crippen LogP contribution in [-0.2, 0) is 16.1 Å². The van der Waals surface area contributed by atoms with E-state index in [1.807, 2.05) is 30.3 Å². The maximum Gasteiger partial charge on any atom is 0.407 e. The second kappa shape index (κ2) is 7.90. The molecule has 6 nitrogen and oxygen atoms in total. The van der Waals surface area contributed by atoms with Gasteiger partial charge in [-0.25, -0.2) is 4.79 Å². The molecule has 0 aliphatic heterocycles. The summed E-state index contributed by atoms with van der Waals surface area (Å²) in [6.07, 6.45) is 0.642. The lowest BCUT2D eigenvalue weighted by atomic mass is 10.2. The molecule has 1 amide bonds. The van der Waals surface area contributed by atoms with Gasteiger partial charge < -0.3 is 15.2 Å². The van der Waals surface area contributed by atoms with Gasteiger partial charge in [0.15, 0.2) is 0 Å². The SMILES string of the molecule is O=C(O)CC(NC(=O)OCc1ccccc1)c1sncc1Br. The van der Waals surface area contributed by atoms with Crippen molar-refractivity contribution in [3.8, 4) is 0 Å². The van der Waals surface area contributed by atoms with E-state index in [1.54, 1.807) is 6.20 Å². The number of rotatable bonds is 6. The highest BCUT2D eigenvalue weighted by Gasteiger charge is 2.22. The molecule has 116 valence electrons. The van der Waals surface area contributed by atoms with Crippen LogP contribution in [0.1, 0.15) is 22.9 Å². The van der Waals surface area contributed by atoms with Crippen LogP contribution in [0.25, 0.3) is 0 Å². The minimum atomic E-state index is -1.02. The Kier molecular flexibility index (Phi) is 5.91. The summed E-state index contributed by atoms with van der Waals surface area (Å²) < 4.78 is 9.72. The Morgan fingerprint density at radius 1 is 1.36 bits per heavy atom. The zero-order valence-corrected chi connectivity index (χ0v) is 13.8. The van der Waals surface area contributed by atoms with E-state index in [1.165, 1.54) is 0 Å². The van der Waals surface area contributed by atoms with Crippen LogP contribution >= 0.6 is 27.5 Å². The summed E-state index contributed by atoms with van der Waals surface area (Å²) in [7, 11) is 0. The molecule has 0 spiro atoms. The van der Waals surface area contributed by atoms with E-state index in [2.05, 4.69) is 25.6 Å². The highest BCUT2D eigenvalue weighted by molar-refractivity contribution is 9.10. The molecular formula is C14H13BrN2O4S. The summed E-state index contributed by atoms with van der Waals surface area (Å²) in [4.78, 5) is 23.4. The first-order chi connectivity index (χ1) is 10.6. The lowest BCUT2D eigenvalue weighted by Gasteiger charge is -2.15. The van der Waals surface area contributed by atoms with Gasteiger partial charge in [-0.1, -0.05) is 30.3 Å². The number of benzene rings is 1. The molecule has 1 atom stereocenters. The van der Waals surface area contributed by atoms with Gasteiger partial charge in [-0.2, -0.15) is 4.37 Å². The fraction of sp³-hybridized carbons (Fsp3) is 0.214. The largest absolute Gasteiger partial charge is 0.481 e. The van der Waals surface area contributed by atoms with Crippen molar-refractivity contribution in [1.82, 2.24) is 9.69 Å². The van der Waals surface area contributed by atoms with E-state index in [9.17, 15) is 9.59 Å². The third-order valence-corrected chi connectivity index (χ3v) is 4.56. The number of alkyl carbamates (subject to hydrolysis) is 1. The number of carbonyl (C=O) groups is 2. The van der Waals surface area contributed by atoms with Gasteiger partial charge in [0.05, 0.1) is 28.0 Å². The quantitative estimate of drug-likeness (QED) is 0.796. The molecule has 2 rings (SSSR count). The van der Waals surface area contributed by atoms with Crippen LogP contribution in [0.3, 0.4) is 0 Å². The molecule has 1 unspecified atom stereocenters. The first-order valence-corrected chi connectivity index (χ1v) is 7.92. The molecule has 1 aromatic carbocycles. The summed E-state index contributed by atoms with van der Waals surface area (Å²) in [6.45, 7) is 0.121. The fourth-order valence-corrected chi connectivity index (χ4v) is 3.17. The van der Waals surface area contributed by atoms with E-state index in [4.69, 9.17) is 9.84 Å². The molecule has 0 aliphatic carbocycles. The standard InChI is InChI=1S/C14H13BrN2O4S/c15-10-7-16-22-13(10)11(6-12(18)19)17-14(20)21-8-9-4-2-1-3-5-9/h1-5,7,11H,6,8H2,(H,17,20)(H,18,19). The van der Waals surface area contributed by atoms with Crippen LogP contribution in [0.15, 0.2) is 41.0 Å². The minimum Gasteiger partial charge on any atom is -0.481 e. The average molecular weight is 385 g/mol. The summed E-state index contributed by atoms with van der Waals surface area (Å²) in [5.74, 6) is -1.02. The molecule has 2 N–H and O–H groups in total. The van der Waals surface area contributed by atoms with Crippen molar-refractivity contribution in [2.24, 2.45) is 0 Å². The van der Waals surface area contributed by atoms with Crippen LogP contribution in [0.4, 0.5) is 4.79 Å². The molecule has 1 aromatic heterocycles. The Labute approximate surface area is 139 Å². The summed E-state index contributed by atoms with van der Waals surface area (Å²) in [6, 6.07) is 8.54. The van der Waals surface area contributed by atoms with Crippen molar-refractivity contribution in [3.05, 3.63) is 51.4 Å². The number of aromatic nitrogens is 1. The highest BCUT2D eigenvalue weighted by Crippen LogP contribution is 2.29. The Balaban J connectivity index is 1.96. The number of ether oxygens (including phenoxy) is 1. The average Bonchev–Trinajstić information content (AvgIpc) is 2.91. The van der Waals surface area contributed by atoms with Gasteiger partial charge in [-0.3, -0.25) is 4.79 Å². The number of aliphatic carboxylic acids is 1. The third kappa shape index (κ3) is 4.81.